The van der Waals surface area contributed by atoms with E-state index in [1.165, 1.54) is 69.9 Å². The average Bonchev–Trinajstić information content (AvgIpc) is 3.34. The van der Waals surface area contributed by atoms with Crippen LogP contribution in [0, 0.1) is 11.7 Å². The minimum absolute atomic E-state index is 0.0363. The van der Waals surface area contributed by atoms with Crippen molar-refractivity contribution >= 4 is 29.2 Å². The Morgan fingerprint density at radius 2 is 1.83 bits per heavy atom. The van der Waals surface area contributed by atoms with Crippen LogP contribution in [0.5, 0.6) is 0 Å². The molecule has 1 aliphatic carbocycles. The van der Waals surface area contributed by atoms with Gasteiger partial charge in [0.15, 0.2) is 0 Å². The van der Waals surface area contributed by atoms with Gasteiger partial charge in [-0.05, 0) is 87.9 Å². The maximum Gasteiger partial charge on any atom is 0.315 e. The number of hydrogen-bond donors (Lipinski definition) is 2. The lowest BCUT2D eigenvalue weighted by Crippen LogP contribution is -2.37. The molecule has 1 aliphatic heterocycles. The van der Waals surface area contributed by atoms with E-state index in [9.17, 15) is 9.18 Å². The lowest BCUT2D eigenvalue weighted by Gasteiger charge is -2.34. The number of carbonyl (C=O) groups excluding carboxylic acids is 1. The highest BCUT2D eigenvalue weighted by Gasteiger charge is 2.25. The Morgan fingerprint density at radius 3 is 2.58 bits per heavy atom. The molecule has 1 saturated heterocycles. The van der Waals surface area contributed by atoms with Crippen molar-refractivity contribution in [3.8, 4) is 11.5 Å². The first kappa shape index (κ1) is 24.7. The smallest absolute Gasteiger partial charge is 0.315 e. The van der Waals surface area contributed by atoms with Gasteiger partial charge in [0.05, 0.1) is 16.1 Å². The van der Waals surface area contributed by atoms with Crippen molar-refractivity contribution in [3.05, 3.63) is 58.9 Å². The van der Waals surface area contributed by atoms with Crippen molar-refractivity contribution in [2.45, 2.75) is 51.0 Å². The van der Waals surface area contributed by atoms with Crippen LogP contribution in [0.1, 0.15) is 55.3 Å². The fourth-order valence-corrected chi connectivity index (χ4v) is 5.43. The Hall–Kier alpha value is -2.97. The van der Waals surface area contributed by atoms with Gasteiger partial charge in [0.2, 0.25) is 0 Å². The van der Waals surface area contributed by atoms with Crippen molar-refractivity contribution in [2.75, 3.05) is 30.3 Å². The highest BCUT2D eigenvalue weighted by atomic mass is 35.5. The van der Waals surface area contributed by atoms with Gasteiger partial charge in [0.25, 0.3) is 11.8 Å². The number of hydrogen-bond acceptors (Lipinski definition) is 6. The minimum Gasteiger partial charge on any atom is -0.403 e. The summed E-state index contributed by atoms with van der Waals surface area (Å²) in [5.74, 6) is -0.0604. The summed E-state index contributed by atoms with van der Waals surface area (Å²) < 4.78 is 19.7. The number of nitrogens with one attached hydrogen (secondary N) is 2. The molecule has 0 atom stereocenters. The molecule has 2 heterocycles. The number of amides is 1. The molecule has 5 rings (SSSR count). The summed E-state index contributed by atoms with van der Waals surface area (Å²) in [6.07, 6.45) is 8.65. The van der Waals surface area contributed by atoms with Crippen LogP contribution in [0.15, 0.2) is 46.9 Å². The summed E-state index contributed by atoms with van der Waals surface area (Å²) in [6, 6.07) is 11.5. The molecule has 3 aromatic rings. The van der Waals surface area contributed by atoms with Crippen LogP contribution in [0.4, 0.5) is 16.1 Å². The number of carbonyl (C=O) groups is 1. The first-order valence-electron chi connectivity index (χ1n) is 12.7. The molecule has 0 bridgehead atoms. The fourth-order valence-electron chi connectivity index (χ4n) is 5.17. The second-order valence-corrected chi connectivity index (χ2v) is 10.2. The Labute approximate surface area is 215 Å². The van der Waals surface area contributed by atoms with E-state index in [-0.39, 0.29) is 5.56 Å². The van der Waals surface area contributed by atoms with E-state index in [0.29, 0.717) is 34.2 Å². The Bertz CT molecular complexity index is 1190. The fraction of sp³-hybridized carbons (Fsp3) is 0.444. The number of piperidine rings is 1. The molecule has 0 unspecified atom stereocenters. The molecule has 190 valence electrons. The summed E-state index contributed by atoms with van der Waals surface area (Å²) in [5.41, 5.74) is 0.966. The van der Waals surface area contributed by atoms with Crippen molar-refractivity contribution in [1.29, 1.82) is 0 Å². The van der Waals surface area contributed by atoms with Crippen LogP contribution in [0.25, 0.3) is 11.5 Å². The summed E-state index contributed by atoms with van der Waals surface area (Å²) in [4.78, 5) is 15.0. The van der Waals surface area contributed by atoms with Gasteiger partial charge in [0, 0.05) is 18.3 Å². The van der Waals surface area contributed by atoms with Gasteiger partial charge in [-0.25, -0.2) is 4.39 Å². The third-order valence-electron chi connectivity index (χ3n) is 7.14. The van der Waals surface area contributed by atoms with E-state index < -0.39 is 11.7 Å². The van der Waals surface area contributed by atoms with Crippen LogP contribution in [0.3, 0.4) is 0 Å². The summed E-state index contributed by atoms with van der Waals surface area (Å²) in [7, 11) is 0. The Balaban J connectivity index is 1.15. The third kappa shape index (κ3) is 6.05. The maximum atomic E-state index is 13.9. The third-order valence-corrected chi connectivity index (χ3v) is 7.45. The van der Waals surface area contributed by atoms with E-state index >= 15 is 0 Å². The van der Waals surface area contributed by atoms with Crippen LogP contribution >= 0.6 is 11.6 Å². The number of benzene rings is 2. The van der Waals surface area contributed by atoms with E-state index in [1.54, 1.807) is 24.3 Å². The van der Waals surface area contributed by atoms with Gasteiger partial charge < -0.3 is 20.0 Å². The number of anilines is 2. The summed E-state index contributed by atoms with van der Waals surface area (Å²) >= 11 is 6.44. The van der Waals surface area contributed by atoms with Gasteiger partial charge in [-0.15, -0.1) is 5.10 Å². The lowest BCUT2D eigenvalue weighted by atomic mass is 9.85. The Kier molecular flexibility index (Phi) is 7.82. The van der Waals surface area contributed by atoms with Gasteiger partial charge in [-0.1, -0.05) is 35.3 Å². The monoisotopic (exact) mass is 511 g/mol. The van der Waals surface area contributed by atoms with Gasteiger partial charge in [-0.3, -0.25) is 4.79 Å². The molecule has 7 nitrogen and oxygen atoms in total. The van der Waals surface area contributed by atoms with Gasteiger partial charge in [0.1, 0.15) is 5.82 Å². The first-order valence-corrected chi connectivity index (χ1v) is 13.1. The quantitative estimate of drug-likeness (QED) is 0.391. The van der Waals surface area contributed by atoms with Gasteiger partial charge in [-0.2, -0.15) is 0 Å². The van der Waals surface area contributed by atoms with Gasteiger partial charge >= 0.3 is 6.01 Å². The van der Waals surface area contributed by atoms with E-state index in [1.807, 2.05) is 0 Å². The van der Waals surface area contributed by atoms with Crippen LogP contribution in [0.2, 0.25) is 5.02 Å². The van der Waals surface area contributed by atoms with Crippen LogP contribution < -0.4 is 10.6 Å². The van der Waals surface area contributed by atoms with Crippen molar-refractivity contribution in [1.82, 2.24) is 15.1 Å². The summed E-state index contributed by atoms with van der Waals surface area (Å²) in [6.45, 7) is 3.74. The number of rotatable bonds is 7. The average molecular weight is 512 g/mol. The Morgan fingerprint density at radius 1 is 1.06 bits per heavy atom. The van der Waals surface area contributed by atoms with Crippen molar-refractivity contribution < 1.29 is 13.6 Å². The second kappa shape index (κ2) is 11.4. The highest BCUT2D eigenvalue weighted by Crippen LogP contribution is 2.32. The number of aromatic nitrogens is 2. The largest absolute Gasteiger partial charge is 0.403 e. The van der Waals surface area contributed by atoms with E-state index in [0.717, 1.165) is 18.8 Å². The number of nitrogens with zero attached hydrogens (tertiary/aromatic N) is 3. The molecule has 1 aromatic heterocycles. The minimum atomic E-state index is -0.584. The zero-order valence-electron chi connectivity index (χ0n) is 20.2. The van der Waals surface area contributed by atoms with Crippen LogP contribution in [-0.2, 0) is 0 Å². The molecular formula is C27H31ClFN5O2. The molecular weight excluding hydrogens is 481 g/mol. The van der Waals surface area contributed by atoms with E-state index in [2.05, 4.69) is 25.7 Å². The zero-order chi connectivity index (χ0) is 24.9. The standard InChI is InChI=1S/C27H31ClFN5O2/c28-23-16-20(30-25(35)22-6-2-3-7-24(22)29)12-13-21(23)26-32-33-27(36-26)31-19-10-8-18(9-11-19)17-34-14-4-1-5-15-34/h2-3,6-7,12-13,16,18-19H,1,4-5,8-11,14-15,17H2,(H,30,35)(H,31,33). The normalized spacial score (nSPS) is 20.7. The molecule has 2 aliphatic rings. The molecule has 1 saturated carbocycles. The number of halogens is 2. The number of likely N-dealkylation sites (tertiary alicyclic amines) is 1. The predicted octanol–water partition coefficient (Wildman–Crippen LogP) is 6.24. The molecule has 9 heteroatoms. The molecule has 0 spiro atoms. The maximum absolute atomic E-state index is 13.9. The topological polar surface area (TPSA) is 83.3 Å². The second-order valence-electron chi connectivity index (χ2n) is 9.76. The lowest BCUT2D eigenvalue weighted by molar-refractivity contribution is 0.102. The first-order chi connectivity index (χ1) is 17.5. The molecule has 36 heavy (non-hydrogen) atoms. The molecule has 2 aromatic carbocycles. The highest BCUT2D eigenvalue weighted by molar-refractivity contribution is 6.33. The van der Waals surface area contributed by atoms with E-state index in [4.69, 9.17) is 16.0 Å². The van der Waals surface area contributed by atoms with Crippen molar-refractivity contribution in [3.63, 3.8) is 0 Å². The van der Waals surface area contributed by atoms with Crippen LogP contribution in [-0.4, -0.2) is 46.7 Å². The molecule has 1 amide bonds. The molecule has 2 fully saturated rings. The molecule has 2 N–H and O–H groups in total. The summed E-state index contributed by atoms with van der Waals surface area (Å²) in [5, 5.41) is 14.7. The zero-order valence-corrected chi connectivity index (χ0v) is 20.9. The molecule has 0 radical (unpaired) electrons. The SMILES string of the molecule is O=C(Nc1ccc(-c2nnc(NC3CCC(CN4CCCCC4)CC3)o2)c(Cl)c1)c1ccccc1F. The van der Waals surface area contributed by atoms with Crippen molar-refractivity contribution in [2.24, 2.45) is 5.92 Å². The predicted molar refractivity (Wildman–Crippen MR) is 139 cm³/mol.